The molecule has 0 saturated carbocycles. The molecule has 2 aliphatic heterocycles. The molecule has 0 aliphatic carbocycles. The summed E-state index contributed by atoms with van der Waals surface area (Å²) >= 11 is 0. The molecular formula is C46H64N8O11. The van der Waals surface area contributed by atoms with Gasteiger partial charge in [0.25, 0.3) is 11.8 Å². The Kier molecular flexibility index (Phi) is 19.9. The summed E-state index contributed by atoms with van der Waals surface area (Å²) in [7, 11) is 0. The van der Waals surface area contributed by atoms with Crippen molar-refractivity contribution < 1.29 is 53.2 Å². The molecule has 2 aromatic carbocycles. The fraction of sp³-hybridized carbons (Fsp3) is 0.500. The van der Waals surface area contributed by atoms with Gasteiger partial charge in [-0.05, 0) is 76.1 Å². The number of carbonyl (C=O) groups excluding carboxylic acids is 7. The van der Waals surface area contributed by atoms with Crippen LogP contribution in [-0.4, -0.2) is 125 Å². The van der Waals surface area contributed by atoms with E-state index in [4.69, 9.17) is 15.2 Å². The van der Waals surface area contributed by atoms with Gasteiger partial charge in [0.2, 0.25) is 17.7 Å². The van der Waals surface area contributed by atoms with Gasteiger partial charge in [0.05, 0.1) is 18.6 Å². The van der Waals surface area contributed by atoms with Crippen molar-refractivity contribution in [2.24, 2.45) is 5.73 Å². The number of amides is 8. The molecule has 2 aliphatic rings. The van der Waals surface area contributed by atoms with Crippen molar-refractivity contribution in [2.45, 2.75) is 121 Å². The molecule has 0 aromatic heterocycles. The van der Waals surface area contributed by atoms with Gasteiger partial charge in [0.15, 0.2) is 0 Å². The van der Waals surface area contributed by atoms with Gasteiger partial charge in [-0.15, -0.1) is 0 Å². The number of aliphatic hydroxyl groups excluding tert-OH is 2. The Morgan fingerprint density at radius 3 is 2.14 bits per heavy atom. The molecule has 0 bridgehead atoms. The molecule has 2 aromatic rings. The smallest absolute Gasteiger partial charge is 0.407 e. The normalized spacial score (nSPS) is 18.9. The first-order valence-corrected chi connectivity index (χ1v) is 21.9. The van der Waals surface area contributed by atoms with E-state index in [2.05, 4.69) is 38.5 Å². The first kappa shape index (κ1) is 51.3. The maximum Gasteiger partial charge on any atom is 0.407 e. The molecule has 354 valence electrons. The van der Waals surface area contributed by atoms with Crippen molar-refractivity contribution in [1.29, 1.82) is 0 Å². The van der Waals surface area contributed by atoms with Gasteiger partial charge >= 0.3 is 12.1 Å². The number of urea groups is 1. The van der Waals surface area contributed by atoms with E-state index in [9.17, 15) is 43.8 Å². The quantitative estimate of drug-likeness (QED) is 0.0510. The van der Waals surface area contributed by atoms with Crippen LogP contribution in [0, 0.1) is 0 Å². The number of ether oxygens (including phenoxy) is 2. The zero-order chi connectivity index (χ0) is 47.5. The van der Waals surface area contributed by atoms with Crippen LogP contribution in [0.5, 0.6) is 0 Å². The Labute approximate surface area is 379 Å². The minimum atomic E-state index is -1.45. The predicted molar refractivity (Wildman–Crippen MR) is 241 cm³/mol. The monoisotopic (exact) mass is 904 g/mol. The number of primary amides is 1. The Morgan fingerprint density at radius 1 is 0.800 bits per heavy atom. The molecule has 1 fully saturated rings. The molecule has 4 rings (SSSR count). The van der Waals surface area contributed by atoms with Crippen molar-refractivity contribution in [3.05, 3.63) is 90.2 Å². The number of carbonyl (C=O) groups is 7. The minimum Gasteiger partial charge on any atom is -0.444 e. The molecule has 0 spiro atoms. The first-order valence-electron chi connectivity index (χ1n) is 21.9. The van der Waals surface area contributed by atoms with Crippen LogP contribution in [0.2, 0.25) is 0 Å². The number of aliphatic hydroxyl groups is 2. The number of rotatable bonds is 25. The summed E-state index contributed by atoms with van der Waals surface area (Å²) in [6.07, 6.45) is -0.251. The van der Waals surface area contributed by atoms with Gasteiger partial charge < -0.3 is 57.3 Å². The molecule has 1 saturated heterocycles. The molecular weight excluding hydrogens is 841 g/mol. The second-order valence-corrected chi connectivity index (χ2v) is 17.0. The van der Waals surface area contributed by atoms with Crippen LogP contribution >= 0.6 is 0 Å². The summed E-state index contributed by atoms with van der Waals surface area (Å²) in [5.41, 5.74) is 7.48. The summed E-state index contributed by atoms with van der Waals surface area (Å²) in [4.78, 5) is 88.1. The number of nitrogens with two attached hydrogens (primary N) is 1. The van der Waals surface area contributed by atoms with Crippen molar-refractivity contribution in [1.82, 2.24) is 31.5 Å². The molecule has 2 heterocycles. The van der Waals surface area contributed by atoms with Crippen LogP contribution in [0.4, 0.5) is 15.3 Å². The van der Waals surface area contributed by atoms with E-state index in [0.29, 0.717) is 56.5 Å². The Bertz CT molecular complexity index is 1970. The number of alkyl carbamates (subject to hydrolysis) is 1. The third-order valence-corrected chi connectivity index (χ3v) is 10.5. The molecule has 19 heteroatoms. The predicted octanol–water partition coefficient (Wildman–Crippen LogP) is 1.82. The molecule has 0 radical (unpaired) electrons. The summed E-state index contributed by atoms with van der Waals surface area (Å²) in [6, 6.07) is 14.0. The molecule has 10 N–H and O–H groups in total. The van der Waals surface area contributed by atoms with Crippen molar-refractivity contribution >= 4 is 47.3 Å². The second kappa shape index (κ2) is 25.2. The number of hydrogen-bond acceptors (Lipinski definition) is 12. The Hall–Kier alpha value is -6.31. The first-order chi connectivity index (χ1) is 30.9. The highest BCUT2D eigenvalue weighted by molar-refractivity contribution is 6.12. The van der Waals surface area contributed by atoms with Gasteiger partial charge in [-0.2, -0.15) is 0 Å². The lowest BCUT2D eigenvalue weighted by Gasteiger charge is -2.26. The topological polar surface area (TPSA) is 280 Å². The minimum absolute atomic E-state index is 0.107. The van der Waals surface area contributed by atoms with E-state index in [1.807, 2.05) is 42.5 Å². The number of anilines is 1. The number of nitrogens with zero attached hydrogens (tertiary/aromatic N) is 1. The number of benzene rings is 2. The van der Waals surface area contributed by atoms with Gasteiger partial charge in [-0.3, -0.25) is 28.9 Å². The average molecular weight is 905 g/mol. The molecule has 65 heavy (non-hydrogen) atoms. The number of nitrogens with one attached hydrogen (secondary N) is 6. The van der Waals surface area contributed by atoms with Gasteiger partial charge in [0, 0.05) is 62.6 Å². The van der Waals surface area contributed by atoms with Crippen LogP contribution < -0.4 is 37.6 Å². The lowest BCUT2D eigenvalue weighted by molar-refractivity contribution is -0.137. The maximum absolute atomic E-state index is 14.1. The van der Waals surface area contributed by atoms with E-state index >= 15 is 0 Å². The van der Waals surface area contributed by atoms with Crippen LogP contribution in [-0.2, 0) is 46.3 Å². The van der Waals surface area contributed by atoms with Crippen LogP contribution in [0.3, 0.4) is 0 Å². The van der Waals surface area contributed by atoms with Crippen molar-refractivity contribution in [3.8, 4) is 0 Å². The van der Waals surface area contributed by atoms with E-state index < -0.39 is 72.5 Å². The summed E-state index contributed by atoms with van der Waals surface area (Å²) in [5, 5.41) is 38.5. The van der Waals surface area contributed by atoms with Crippen molar-refractivity contribution in [2.75, 3.05) is 31.5 Å². The third-order valence-electron chi connectivity index (χ3n) is 10.5. The van der Waals surface area contributed by atoms with Gasteiger partial charge in [-0.1, -0.05) is 55.5 Å². The standard InChI is InChI=1S/C46H64N8O11/c1-29(51-32-18-16-30(17-19-32)22-24-49-45(63)65-46(2,3)4)33(14-11-23-48-44(47)62)53-43(61)34(26-31-12-7-5-8-13-31)52-38(56)27-35-41(59)42(60)36(64-35)28-50-37(55)15-9-6-10-25-54-39(57)20-21-40(54)58/h5,7-8,12-13,16-21,33-36,41-42,51,59-60H,1,6,9-11,14-15,22-28H2,2-4H3,(H,49,63)(H,50,55)(H,52,56)(H,53,61)(H3,47,48,62)/t33?,34-,35+,36-,41?,42?/m1/s1. The number of imide groups is 1. The zero-order valence-electron chi connectivity index (χ0n) is 37.3. The number of hydrogen-bond donors (Lipinski definition) is 9. The molecule has 6 atom stereocenters. The highest BCUT2D eigenvalue weighted by atomic mass is 16.6. The summed E-state index contributed by atoms with van der Waals surface area (Å²) in [6.45, 7) is 10.3. The largest absolute Gasteiger partial charge is 0.444 e. The van der Waals surface area contributed by atoms with E-state index in [-0.39, 0.29) is 50.2 Å². The molecule has 3 unspecified atom stereocenters. The van der Waals surface area contributed by atoms with Crippen LogP contribution in [0.25, 0.3) is 0 Å². The Morgan fingerprint density at radius 2 is 1.48 bits per heavy atom. The van der Waals surface area contributed by atoms with Crippen molar-refractivity contribution in [3.63, 3.8) is 0 Å². The van der Waals surface area contributed by atoms with E-state index in [0.717, 1.165) is 16.0 Å². The fourth-order valence-electron chi connectivity index (χ4n) is 7.12. The average Bonchev–Trinajstić information content (AvgIpc) is 3.71. The SMILES string of the molecule is C=C(Nc1ccc(CCNC(=O)OC(C)(C)C)cc1)C(CCCNC(N)=O)NC(=O)[C@@H](Cc1ccccc1)NC(=O)C[C@@H]1O[C@H](CNC(=O)CCCCCN2C(=O)C=CC2=O)C(O)C1O. The molecule has 19 nitrogen and oxygen atoms in total. The zero-order valence-corrected chi connectivity index (χ0v) is 37.3. The Balaban J connectivity index is 1.32. The maximum atomic E-state index is 14.1. The van der Waals surface area contributed by atoms with E-state index in [1.54, 1.807) is 32.9 Å². The summed E-state index contributed by atoms with van der Waals surface area (Å²) in [5.74, 6) is -2.19. The van der Waals surface area contributed by atoms with Gasteiger partial charge in [0.1, 0.15) is 30.0 Å². The lowest BCUT2D eigenvalue weighted by atomic mass is 10.0. The van der Waals surface area contributed by atoms with Gasteiger partial charge in [-0.25, -0.2) is 9.59 Å². The highest BCUT2D eigenvalue weighted by Crippen LogP contribution is 2.24. The lowest BCUT2D eigenvalue weighted by Crippen LogP contribution is -2.52. The highest BCUT2D eigenvalue weighted by Gasteiger charge is 2.43. The number of unbranched alkanes of at least 4 members (excludes halogenated alkanes) is 2. The van der Waals surface area contributed by atoms with Crippen LogP contribution in [0.1, 0.15) is 76.8 Å². The molecule has 8 amide bonds. The van der Waals surface area contributed by atoms with Crippen LogP contribution in [0.15, 0.2) is 79.0 Å². The summed E-state index contributed by atoms with van der Waals surface area (Å²) < 4.78 is 11.1. The van der Waals surface area contributed by atoms with E-state index in [1.165, 1.54) is 12.2 Å². The third kappa shape index (κ3) is 18.0. The second-order valence-electron chi connectivity index (χ2n) is 17.0. The fourth-order valence-corrected chi connectivity index (χ4v) is 7.12.